The minimum Gasteiger partial charge on any atom is -0.433 e. The summed E-state index contributed by atoms with van der Waals surface area (Å²) in [6.45, 7) is 8.96. The number of ether oxygens (including phenoxy) is 4. The summed E-state index contributed by atoms with van der Waals surface area (Å²) in [5.41, 5.74) is 0.359. The van der Waals surface area contributed by atoms with Gasteiger partial charge >= 0.3 is 5.97 Å². The fourth-order valence-corrected chi connectivity index (χ4v) is 0.937. The van der Waals surface area contributed by atoms with Crippen molar-refractivity contribution in [2.24, 2.45) is 0 Å². The van der Waals surface area contributed by atoms with Crippen LogP contribution >= 0.6 is 0 Å². The topological polar surface area (TPSA) is 57.3 Å². The second-order valence-electron chi connectivity index (χ2n) is 3.65. The van der Waals surface area contributed by atoms with Crippen molar-refractivity contribution in [3.05, 3.63) is 12.2 Å². The van der Waals surface area contributed by atoms with Crippen LogP contribution in [0.5, 0.6) is 0 Å². The third-order valence-corrected chi connectivity index (χ3v) is 1.91. The van der Waals surface area contributed by atoms with E-state index in [9.17, 15) is 4.79 Å². The summed E-state index contributed by atoms with van der Waals surface area (Å²) in [5, 5.41) is 0. The lowest BCUT2D eigenvalue weighted by Gasteiger charge is -2.13. The molecular formula is C11H18O5. The van der Waals surface area contributed by atoms with E-state index in [1.165, 1.54) is 0 Å². The van der Waals surface area contributed by atoms with Gasteiger partial charge in [0, 0.05) is 5.57 Å². The van der Waals surface area contributed by atoms with Crippen LogP contribution in [0.2, 0.25) is 0 Å². The Bertz CT molecular complexity index is 247. The van der Waals surface area contributed by atoms with Gasteiger partial charge in [-0.3, -0.25) is 0 Å². The molecule has 0 aliphatic carbocycles. The van der Waals surface area contributed by atoms with Gasteiger partial charge in [-0.15, -0.1) is 0 Å². The van der Waals surface area contributed by atoms with Crippen molar-refractivity contribution in [3.8, 4) is 0 Å². The summed E-state index contributed by atoms with van der Waals surface area (Å²) in [5.74, 6) is -0.445. The highest BCUT2D eigenvalue weighted by molar-refractivity contribution is 5.86. The molecule has 92 valence electrons. The molecule has 2 unspecified atom stereocenters. The van der Waals surface area contributed by atoms with Gasteiger partial charge in [0.1, 0.15) is 6.10 Å². The Kier molecular flexibility index (Phi) is 5.45. The van der Waals surface area contributed by atoms with Gasteiger partial charge in [0.15, 0.2) is 0 Å². The third kappa shape index (κ3) is 5.85. The molecule has 1 saturated heterocycles. The summed E-state index contributed by atoms with van der Waals surface area (Å²) >= 11 is 0. The van der Waals surface area contributed by atoms with E-state index in [1.807, 2.05) is 0 Å². The SMILES string of the molecule is C=C(C)C(=O)OC(C)OCCOCC1CO1. The number of rotatable bonds is 8. The third-order valence-electron chi connectivity index (χ3n) is 1.91. The van der Waals surface area contributed by atoms with Crippen molar-refractivity contribution >= 4 is 5.97 Å². The summed E-state index contributed by atoms with van der Waals surface area (Å²) in [4.78, 5) is 11.1. The van der Waals surface area contributed by atoms with Crippen molar-refractivity contribution in [1.82, 2.24) is 0 Å². The average Bonchev–Trinajstić information content (AvgIpc) is 3.00. The standard InChI is InChI=1S/C11H18O5/c1-8(2)11(12)16-9(3)14-5-4-13-6-10-7-15-10/h9-10H,1,4-7H2,2-3H3. The van der Waals surface area contributed by atoms with Crippen molar-refractivity contribution in [2.75, 3.05) is 26.4 Å². The zero-order valence-corrected chi connectivity index (χ0v) is 9.73. The van der Waals surface area contributed by atoms with Crippen LogP contribution in [0.1, 0.15) is 13.8 Å². The van der Waals surface area contributed by atoms with Crippen molar-refractivity contribution in [1.29, 1.82) is 0 Å². The molecule has 0 aromatic rings. The minimum atomic E-state index is -0.579. The lowest BCUT2D eigenvalue weighted by atomic mass is 10.4. The van der Waals surface area contributed by atoms with E-state index < -0.39 is 12.3 Å². The first kappa shape index (κ1) is 13.2. The molecule has 1 rings (SSSR count). The van der Waals surface area contributed by atoms with Gasteiger partial charge in [-0.1, -0.05) is 6.58 Å². The van der Waals surface area contributed by atoms with E-state index in [2.05, 4.69) is 6.58 Å². The van der Waals surface area contributed by atoms with Gasteiger partial charge in [0.2, 0.25) is 6.29 Å². The van der Waals surface area contributed by atoms with Crippen molar-refractivity contribution in [3.63, 3.8) is 0 Å². The monoisotopic (exact) mass is 230 g/mol. The van der Waals surface area contributed by atoms with E-state index >= 15 is 0 Å². The Labute approximate surface area is 95.3 Å². The van der Waals surface area contributed by atoms with Gasteiger partial charge in [-0.05, 0) is 13.8 Å². The molecule has 0 N–H and O–H groups in total. The van der Waals surface area contributed by atoms with Gasteiger partial charge < -0.3 is 18.9 Å². The molecule has 0 bridgehead atoms. The first-order valence-corrected chi connectivity index (χ1v) is 5.27. The molecule has 5 nitrogen and oxygen atoms in total. The lowest BCUT2D eigenvalue weighted by Crippen LogP contribution is -2.20. The van der Waals surface area contributed by atoms with E-state index in [0.717, 1.165) is 6.61 Å². The maximum atomic E-state index is 11.1. The highest BCUT2D eigenvalue weighted by Gasteiger charge is 2.22. The van der Waals surface area contributed by atoms with Crippen LogP contribution in [0.3, 0.4) is 0 Å². The maximum Gasteiger partial charge on any atom is 0.335 e. The summed E-state index contributed by atoms with van der Waals surface area (Å²) in [7, 11) is 0. The smallest absolute Gasteiger partial charge is 0.335 e. The Morgan fingerprint density at radius 3 is 2.81 bits per heavy atom. The lowest BCUT2D eigenvalue weighted by molar-refractivity contribution is -0.172. The minimum absolute atomic E-state index is 0.263. The summed E-state index contributed by atoms with van der Waals surface area (Å²) < 4.78 is 20.3. The molecule has 1 heterocycles. The molecule has 1 fully saturated rings. The van der Waals surface area contributed by atoms with Crippen LogP contribution in [-0.2, 0) is 23.7 Å². The van der Waals surface area contributed by atoms with Gasteiger partial charge in [0.25, 0.3) is 0 Å². The number of carbonyl (C=O) groups is 1. The van der Waals surface area contributed by atoms with Crippen LogP contribution in [0.15, 0.2) is 12.2 Å². The highest BCUT2D eigenvalue weighted by Crippen LogP contribution is 2.08. The molecule has 0 spiro atoms. The zero-order chi connectivity index (χ0) is 12.0. The predicted octanol–water partition coefficient (Wildman–Crippen LogP) is 0.884. The zero-order valence-electron chi connectivity index (χ0n) is 9.73. The van der Waals surface area contributed by atoms with Gasteiger partial charge in [-0.25, -0.2) is 4.79 Å². The summed E-state index contributed by atoms with van der Waals surface area (Å²) in [6, 6.07) is 0. The van der Waals surface area contributed by atoms with Gasteiger partial charge in [0.05, 0.1) is 26.4 Å². The molecular weight excluding hydrogens is 212 g/mol. The van der Waals surface area contributed by atoms with E-state index in [1.54, 1.807) is 13.8 Å². The number of carbonyl (C=O) groups excluding carboxylic acids is 1. The molecule has 0 aromatic carbocycles. The molecule has 5 heteroatoms. The Morgan fingerprint density at radius 2 is 2.25 bits per heavy atom. The van der Waals surface area contributed by atoms with E-state index in [0.29, 0.717) is 25.4 Å². The van der Waals surface area contributed by atoms with E-state index in [4.69, 9.17) is 18.9 Å². The molecule has 0 amide bonds. The number of esters is 1. The Morgan fingerprint density at radius 1 is 1.56 bits per heavy atom. The van der Waals surface area contributed by atoms with Crippen LogP contribution < -0.4 is 0 Å². The van der Waals surface area contributed by atoms with Crippen molar-refractivity contribution in [2.45, 2.75) is 26.2 Å². The fraction of sp³-hybridized carbons (Fsp3) is 0.727. The Balaban J connectivity index is 1.94. The quantitative estimate of drug-likeness (QED) is 0.204. The fourth-order valence-electron chi connectivity index (χ4n) is 0.937. The average molecular weight is 230 g/mol. The predicted molar refractivity (Wildman–Crippen MR) is 56.9 cm³/mol. The number of hydrogen-bond donors (Lipinski definition) is 0. The molecule has 1 aliphatic heterocycles. The molecule has 0 radical (unpaired) electrons. The van der Waals surface area contributed by atoms with Crippen LogP contribution in [0.25, 0.3) is 0 Å². The second kappa shape index (κ2) is 6.62. The highest BCUT2D eigenvalue weighted by atomic mass is 16.7. The maximum absolute atomic E-state index is 11.1. The first-order chi connectivity index (χ1) is 7.59. The Hall–Kier alpha value is -0.910. The molecule has 1 aliphatic rings. The van der Waals surface area contributed by atoms with Crippen LogP contribution in [0.4, 0.5) is 0 Å². The van der Waals surface area contributed by atoms with Crippen molar-refractivity contribution < 1.29 is 23.7 Å². The summed E-state index contributed by atoms with van der Waals surface area (Å²) in [6.07, 6.45) is -0.316. The first-order valence-electron chi connectivity index (χ1n) is 5.27. The van der Waals surface area contributed by atoms with Gasteiger partial charge in [-0.2, -0.15) is 0 Å². The molecule has 2 atom stereocenters. The van der Waals surface area contributed by atoms with Crippen LogP contribution in [-0.4, -0.2) is 44.8 Å². The molecule has 16 heavy (non-hydrogen) atoms. The largest absolute Gasteiger partial charge is 0.433 e. The molecule has 0 saturated carbocycles. The second-order valence-corrected chi connectivity index (χ2v) is 3.65. The van der Waals surface area contributed by atoms with E-state index in [-0.39, 0.29) is 6.10 Å². The normalized spacial score (nSPS) is 20.2. The van der Waals surface area contributed by atoms with Crippen LogP contribution in [0, 0.1) is 0 Å². The molecule has 0 aromatic heterocycles. The number of hydrogen-bond acceptors (Lipinski definition) is 5. The number of epoxide rings is 1.